The zero-order valence-electron chi connectivity index (χ0n) is 17.6. The van der Waals surface area contributed by atoms with Gasteiger partial charge < -0.3 is 20.3 Å². The van der Waals surface area contributed by atoms with Crippen LogP contribution in [0.4, 0.5) is 11.4 Å². The molecule has 1 atom stereocenters. The molecule has 2 fully saturated rings. The maximum Gasteiger partial charge on any atom is 0.251 e. The fourth-order valence-electron chi connectivity index (χ4n) is 4.20. The summed E-state index contributed by atoms with van der Waals surface area (Å²) in [6.45, 7) is 0.319. The van der Waals surface area contributed by atoms with Crippen LogP contribution in [-0.2, 0) is 9.59 Å². The van der Waals surface area contributed by atoms with E-state index < -0.39 is 5.92 Å². The Labute approximate surface area is 181 Å². The molecule has 2 aromatic rings. The molecular formula is C24H27N3O4. The van der Waals surface area contributed by atoms with Crippen molar-refractivity contribution in [3.63, 3.8) is 0 Å². The van der Waals surface area contributed by atoms with Gasteiger partial charge in [0.2, 0.25) is 11.8 Å². The quantitative estimate of drug-likeness (QED) is 0.749. The third-order valence-electron chi connectivity index (χ3n) is 5.97. The van der Waals surface area contributed by atoms with Crippen LogP contribution in [0.2, 0.25) is 0 Å². The van der Waals surface area contributed by atoms with E-state index in [1.54, 1.807) is 42.3 Å². The van der Waals surface area contributed by atoms with Gasteiger partial charge in [-0.3, -0.25) is 14.4 Å². The molecule has 4 rings (SSSR count). The lowest BCUT2D eigenvalue weighted by atomic mass is 10.1. The molecule has 3 amide bonds. The van der Waals surface area contributed by atoms with Crippen molar-refractivity contribution in [3.8, 4) is 5.75 Å². The minimum Gasteiger partial charge on any atom is -0.497 e. The first-order chi connectivity index (χ1) is 15.0. The van der Waals surface area contributed by atoms with Gasteiger partial charge in [0.1, 0.15) is 5.75 Å². The highest BCUT2D eigenvalue weighted by molar-refractivity contribution is 6.03. The number of methoxy groups -OCH3 is 1. The Morgan fingerprint density at radius 1 is 1.06 bits per heavy atom. The predicted molar refractivity (Wildman–Crippen MR) is 118 cm³/mol. The topological polar surface area (TPSA) is 87.7 Å². The highest BCUT2D eigenvalue weighted by atomic mass is 16.5. The Morgan fingerprint density at radius 3 is 2.52 bits per heavy atom. The van der Waals surface area contributed by atoms with Gasteiger partial charge >= 0.3 is 0 Å². The number of anilines is 2. The third-order valence-corrected chi connectivity index (χ3v) is 5.97. The molecular weight excluding hydrogens is 394 g/mol. The van der Waals surface area contributed by atoms with Gasteiger partial charge in [-0.05, 0) is 49.2 Å². The molecule has 1 saturated carbocycles. The number of carbonyl (C=O) groups excluding carboxylic acids is 3. The highest BCUT2D eigenvalue weighted by Crippen LogP contribution is 2.28. The highest BCUT2D eigenvalue weighted by Gasteiger charge is 2.35. The standard InChI is InChI=1S/C24H27N3O4/c1-31-21-8-4-7-20(14-21)27-15-17(13-22(27)28)24(30)26-19-11-9-16(10-12-19)23(29)25-18-5-2-3-6-18/h4,7-12,14,17-18H,2-3,5-6,13,15H2,1H3,(H,25,29)(H,26,30). The monoisotopic (exact) mass is 421 g/mol. The SMILES string of the molecule is COc1cccc(N2CC(C(=O)Nc3ccc(C(=O)NC4CCCC4)cc3)CC2=O)c1. The number of benzene rings is 2. The Morgan fingerprint density at radius 2 is 1.81 bits per heavy atom. The summed E-state index contributed by atoms with van der Waals surface area (Å²) in [4.78, 5) is 39.1. The maximum absolute atomic E-state index is 12.7. The van der Waals surface area contributed by atoms with E-state index in [4.69, 9.17) is 4.74 Å². The Balaban J connectivity index is 1.34. The van der Waals surface area contributed by atoms with E-state index in [2.05, 4.69) is 10.6 Å². The molecule has 1 unspecified atom stereocenters. The average molecular weight is 421 g/mol. The minimum absolute atomic E-state index is 0.0832. The third kappa shape index (κ3) is 4.87. The van der Waals surface area contributed by atoms with Crippen LogP contribution in [0.25, 0.3) is 0 Å². The second-order valence-corrected chi connectivity index (χ2v) is 8.13. The first-order valence-corrected chi connectivity index (χ1v) is 10.7. The zero-order chi connectivity index (χ0) is 21.8. The molecule has 0 aromatic heterocycles. The number of hydrogen-bond acceptors (Lipinski definition) is 4. The van der Waals surface area contributed by atoms with Gasteiger partial charge in [0, 0.05) is 42.0 Å². The molecule has 31 heavy (non-hydrogen) atoms. The summed E-state index contributed by atoms with van der Waals surface area (Å²) < 4.78 is 5.22. The van der Waals surface area contributed by atoms with E-state index in [-0.39, 0.29) is 30.2 Å². The largest absolute Gasteiger partial charge is 0.497 e. The van der Waals surface area contributed by atoms with Crippen molar-refractivity contribution in [1.82, 2.24) is 5.32 Å². The number of amides is 3. The van der Waals surface area contributed by atoms with E-state index in [9.17, 15) is 14.4 Å². The van der Waals surface area contributed by atoms with Crippen molar-refractivity contribution in [3.05, 3.63) is 54.1 Å². The van der Waals surface area contributed by atoms with Crippen molar-refractivity contribution in [2.45, 2.75) is 38.1 Å². The number of carbonyl (C=O) groups is 3. The van der Waals surface area contributed by atoms with Crippen molar-refractivity contribution < 1.29 is 19.1 Å². The molecule has 162 valence electrons. The van der Waals surface area contributed by atoms with Crippen molar-refractivity contribution in [2.75, 3.05) is 23.9 Å². The minimum atomic E-state index is -0.441. The van der Waals surface area contributed by atoms with Crippen LogP contribution in [0, 0.1) is 5.92 Å². The number of nitrogens with zero attached hydrogens (tertiary/aromatic N) is 1. The second-order valence-electron chi connectivity index (χ2n) is 8.13. The number of ether oxygens (including phenoxy) is 1. The van der Waals surface area contributed by atoms with Crippen molar-refractivity contribution in [2.24, 2.45) is 5.92 Å². The van der Waals surface area contributed by atoms with E-state index in [0.717, 1.165) is 31.4 Å². The average Bonchev–Trinajstić information content (AvgIpc) is 3.44. The van der Waals surface area contributed by atoms with Crippen LogP contribution in [0.1, 0.15) is 42.5 Å². The lowest BCUT2D eigenvalue weighted by molar-refractivity contribution is -0.122. The molecule has 1 aliphatic carbocycles. The molecule has 0 radical (unpaired) electrons. The van der Waals surface area contributed by atoms with Gasteiger partial charge in [0.05, 0.1) is 13.0 Å². The maximum atomic E-state index is 12.7. The molecule has 2 aromatic carbocycles. The molecule has 2 N–H and O–H groups in total. The molecule has 1 saturated heterocycles. The van der Waals surface area contributed by atoms with Gasteiger partial charge in [0.25, 0.3) is 5.91 Å². The molecule has 7 nitrogen and oxygen atoms in total. The molecule has 0 bridgehead atoms. The molecule has 2 aliphatic rings. The van der Waals surface area contributed by atoms with E-state index in [1.165, 1.54) is 0 Å². The van der Waals surface area contributed by atoms with E-state index in [0.29, 0.717) is 23.5 Å². The summed E-state index contributed by atoms with van der Waals surface area (Å²) in [6, 6.07) is 14.4. The lowest BCUT2D eigenvalue weighted by Gasteiger charge is -2.17. The Hall–Kier alpha value is -3.35. The van der Waals surface area contributed by atoms with E-state index in [1.807, 2.05) is 18.2 Å². The van der Waals surface area contributed by atoms with Crippen LogP contribution < -0.4 is 20.3 Å². The number of rotatable bonds is 6. The zero-order valence-corrected chi connectivity index (χ0v) is 17.6. The molecule has 7 heteroatoms. The Kier molecular flexibility index (Phi) is 6.21. The molecule has 0 spiro atoms. The summed E-state index contributed by atoms with van der Waals surface area (Å²) in [7, 11) is 1.57. The van der Waals surface area contributed by atoms with Gasteiger partial charge in [0.15, 0.2) is 0 Å². The van der Waals surface area contributed by atoms with Crippen LogP contribution in [0.15, 0.2) is 48.5 Å². The summed E-state index contributed by atoms with van der Waals surface area (Å²) >= 11 is 0. The molecule has 1 heterocycles. The first-order valence-electron chi connectivity index (χ1n) is 10.7. The predicted octanol–water partition coefficient (Wildman–Crippen LogP) is 3.36. The number of nitrogens with one attached hydrogen (secondary N) is 2. The van der Waals surface area contributed by atoms with Crippen molar-refractivity contribution in [1.29, 1.82) is 0 Å². The fourth-order valence-corrected chi connectivity index (χ4v) is 4.20. The van der Waals surface area contributed by atoms with Gasteiger partial charge in [-0.25, -0.2) is 0 Å². The number of hydrogen-bond donors (Lipinski definition) is 2. The summed E-state index contributed by atoms with van der Waals surface area (Å²) in [5.74, 6) is -0.159. The van der Waals surface area contributed by atoms with Crippen LogP contribution >= 0.6 is 0 Å². The smallest absolute Gasteiger partial charge is 0.251 e. The lowest BCUT2D eigenvalue weighted by Crippen LogP contribution is -2.32. The van der Waals surface area contributed by atoms with Gasteiger partial charge in [-0.1, -0.05) is 18.9 Å². The Bertz CT molecular complexity index is 967. The summed E-state index contributed by atoms with van der Waals surface area (Å²) in [5.41, 5.74) is 1.90. The van der Waals surface area contributed by atoms with E-state index >= 15 is 0 Å². The summed E-state index contributed by atoms with van der Waals surface area (Å²) in [5, 5.41) is 5.92. The van der Waals surface area contributed by atoms with Gasteiger partial charge in [-0.2, -0.15) is 0 Å². The summed E-state index contributed by atoms with van der Waals surface area (Å²) in [6.07, 6.45) is 4.55. The second kappa shape index (κ2) is 9.20. The first kappa shape index (κ1) is 20.9. The van der Waals surface area contributed by atoms with Gasteiger partial charge in [-0.15, -0.1) is 0 Å². The van der Waals surface area contributed by atoms with Crippen molar-refractivity contribution >= 4 is 29.1 Å². The molecule has 1 aliphatic heterocycles. The van der Waals surface area contributed by atoms with Crippen LogP contribution in [0.5, 0.6) is 5.75 Å². The fraction of sp³-hybridized carbons (Fsp3) is 0.375. The van der Waals surface area contributed by atoms with Crippen LogP contribution in [0.3, 0.4) is 0 Å². The normalized spacial score (nSPS) is 18.8. The van der Waals surface area contributed by atoms with Crippen LogP contribution in [-0.4, -0.2) is 37.4 Å².